The molecule has 1 amide bonds. The Labute approximate surface area is 98.3 Å². The molecule has 0 bridgehead atoms. The highest BCUT2D eigenvalue weighted by Crippen LogP contribution is 2.29. The van der Waals surface area contributed by atoms with Gasteiger partial charge >= 0.3 is 17.9 Å². The van der Waals surface area contributed by atoms with E-state index < -0.39 is 29.5 Å². The fourth-order valence-electron chi connectivity index (χ4n) is 1.02. The fourth-order valence-corrected chi connectivity index (χ4v) is 1.02. The van der Waals surface area contributed by atoms with Gasteiger partial charge in [0.25, 0.3) is 5.91 Å². The number of hydrogen-bond acceptors (Lipinski definition) is 5. The number of carbonyl (C=O) groups is 2. The molecule has 1 aromatic rings. The van der Waals surface area contributed by atoms with E-state index in [9.17, 15) is 27.9 Å². The van der Waals surface area contributed by atoms with Gasteiger partial charge in [-0.25, -0.2) is 4.79 Å². The Morgan fingerprint density at radius 1 is 1.44 bits per heavy atom. The predicted octanol–water partition coefficient (Wildman–Crippen LogP) is 0.433. The molecule has 100 valence electrons. The van der Waals surface area contributed by atoms with Gasteiger partial charge in [-0.2, -0.15) is 13.2 Å². The number of alkyl halides is 3. The van der Waals surface area contributed by atoms with Gasteiger partial charge in [-0.15, -0.1) is 0 Å². The van der Waals surface area contributed by atoms with Gasteiger partial charge in [0.05, 0.1) is 13.4 Å². The summed E-state index contributed by atoms with van der Waals surface area (Å²) in [4.78, 5) is 22.3. The van der Waals surface area contributed by atoms with Crippen LogP contribution in [0, 0.1) is 0 Å². The molecule has 1 unspecified atom stereocenters. The van der Waals surface area contributed by atoms with E-state index in [0.717, 1.165) is 17.6 Å². The van der Waals surface area contributed by atoms with Crippen molar-refractivity contribution in [1.29, 1.82) is 0 Å². The van der Waals surface area contributed by atoms with Crippen molar-refractivity contribution in [1.82, 2.24) is 5.32 Å². The maximum absolute atomic E-state index is 12.5. The van der Waals surface area contributed by atoms with Crippen LogP contribution in [0.25, 0.3) is 0 Å². The second-order valence-corrected chi connectivity index (χ2v) is 3.13. The summed E-state index contributed by atoms with van der Waals surface area (Å²) in [6.45, 7) is 0. The summed E-state index contributed by atoms with van der Waals surface area (Å²) in [5, 5.41) is 10.3. The molecular formula is C9H8F3NO5. The fraction of sp³-hybridized carbons (Fsp3) is 0.333. The van der Waals surface area contributed by atoms with Gasteiger partial charge in [-0.05, 0) is 12.1 Å². The molecule has 0 spiro atoms. The average Bonchev–Trinajstić information content (AvgIpc) is 2.79. The summed E-state index contributed by atoms with van der Waals surface area (Å²) in [7, 11) is 0.637. The Morgan fingerprint density at radius 2 is 2.06 bits per heavy atom. The molecule has 6 nitrogen and oxygen atoms in total. The van der Waals surface area contributed by atoms with E-state index in [1.165, 1.54) is 6.07 Å². The number of aliphatic hydroxyl groups is 1. The number of hydrogen-bond donors (Lipinski definition) is 2. The number of methoxy groups -OCH3 is 1. The van der Waals surface area contributed by atoms with Crippen LogP contribution in [0.2, 0.25) is 0 Å². The van der Waals surface area contributed by atoms with Crippen molar-refractivity contribution in [3.8, 4) is 0 Å². The van der Waals surface area contributed by atoms with E-state index >= 15 is 0 Å². The standard InChI is InChI=1S/C9H8F3NO5/c1-17-7(15)8(16,9(10,11)12)13-6(14)5-3-2-4-18-5/h2-4,16H,1H3,(H,13,14). The predicted molar refractivity (Wildman–Crippen MR) is 49.2 cm³/mol. The molecule has 0 radical (unpaired) electrons. The second-order valence-electron chi connectivity index (χ2n) is 3.13. The first-order valence-electron chi connectivity index (χ1n) is 4.46. The van der Waals surface area contributed by atoms with E-state index in [4.69, 9.17) is 0 Å². The first-order valence-corrected chi connectivity index (χ1v) is 4.46. The van der Waals surface area contributed by atoms with Gasteiger partial charge < -0.3 is 19.6 Å². The third-order valence-electron chi connectivity index (χ3n) is 1.93. The van der Waals surface area contributed by atoms with Crippen molar-refractivity contribution in [2.75, 3.05) is 7.11 Å². The lowest BCUT2D eigenvalue weighted by Gasteiger charge is -2.27. The Balaban J connectivity index is 3.00. The number of esters is 1. The average molecular weight is 267 g/mol. The number of amides is 1. The van der Waals surface area contributed by atoms with Gasteiger partial charge in [-0.3, -0.25) is 4.79 Å². The van der Waals surface area contributed by atoms with Crippen molar-refractivity contribution in [2.24, 2.45) is 0 Å². The van der Waals surface area contributed by atoms with Crippen LogP contribution in [0.4, 0.5) is 13.2 Å². The molecule has 0 aromatic carbocycles. The zero-order chi connectivity index (χ0) is 14.0. The van der Waals surface area contributed by atoms with E-state index in [2.05, 4.69) is 9.15 Å². The SMILES string of the molecule is COC(=O)C(O)(NC(=O)c1ccco1)C(F)(F)F. The maximum Gasteiger partial charge on any atom is 0.448 e. The smallest absolute Gasteiger partial charge is 0.448 e. The largest absolute Gasteiger partial charge is 0.465 e. The Kier molecular flexibility index (Phi) is 3.65. The summed E-state index contributed by atoms with van der Waals surface area (Å²) < 4.78 is 46.0. The van der Waals surface area contributed by atoms with Crippen LogP contribution < -0.4 is 5.32 Å². The second kappa shape index (κ2) is 4.69. The van der Waals surface area contributed by atoms with Crippen LogP contribution in [-0.2, 0) is 9.53 Å². The molecule has 0 aliphatic heterocycles. The number of carbonyl (C=O) groups excluding carboxylic acids is 2. The number of halogens is 3. The molecule has 18 heavy (non-hydrogen) atoms. The first-order chi connectivity index (χ1) is 8.22. The highest BCUT2D eigenvalue weighted by atomic mass is 19.4. The minimum absolute atomic E-state index is 0.499. The van der Waals surface area contributed by atoms with Crippen molar-refractivity contribution in [3.05, 3.63) is 24.2 Å². The third-order valence-corrected chi connectivity index (χ3v) is 1.93. The molecule has 0 fully saturated rings. The lowest BCUT2D eigenvalue weighted by Crippen LogP contribution is -2.64. The maximum atomic E-state index is 12.5. The Morgan fingerprint density at radius 3 is 2.44 bits per heavy atom. The molecule has 1 rings (SSSR count). The third kappa shape index (κ3) is 2.45. The van der Waals surface area contributed by atoms with Crippen molar-refractivity contribution < 1.29 is 37.0 Å². The summed E-state index contributed by atoms with van der Waals surface area (Å²) in [6, 6.07) is 2.31. The number of furan rings is 1. The lowest BCUT2D eigenvalue weighted by atomic mass is 10.2. The van der Waals surface area contributed by atoms with Gasteiger partial charge in [0.2, 0.25) is 0 Å². The van der Waals surface area contributed by atoms with Crippen LogP contribution in [0.5, 0.6) is 0 Å². The molecular weight excluding hydrogens is 259 g/mol. The quantitative estimate of drug-likeness (QED) is 0.612. The molecule has 0 saturated heterocycles. The van der Waals surface area contributed by atoms with Crippen molar-refractivity contribution in [3.63, 3.8) is 0 Å². The summed E-state index contributed by atoms with van der Waals surface area (Å²) in [5.41, 5.74) is -4.13. The lowest BCUT2D eigenvalue weighted by molar-refractivity contribution is -0.268. The van der Waals surface area contributed by atoms with Gasteiger partial charge in [0.1, 0.15) is 0 Å². The number of nitrogens with one attached hydrogen (secondary N) is 1. The molecule has 1 atom stereocenters. The van der Waals surface area contributed by atoms with E-state index in [1.54, 1.807) is 0 Å². The number of ether oxygens (including phenoxy) is 1. The van der Waals surface area contributed by atoms with Crippen LogP contribution in [0.15, 0.2) is 22.8 Å². The van der Waals surface area contributed by atoms with Crippen LogP contribution in [0.3, 0.4) is 0 Å². The zero-order valence-electron chi connectivity index (χ0n) is 8.95. The molecule has 1 heterocycles. The zero-order valence-corrected chi connectivity index (χ0v) is 8.95. The van der Waals surface area contributed by atoms with Crippen LogP contribution in [-0.4, -0.2) is 36.0 Å². The molecule has 0 saturated carbocycles. The summed E-state index contributed by atoms with van der Waals surface area (Å²) in [6.07, 6.45) is -4.40. The Hall–Kier alpha value is -2.03. The molecule has 0 aliphatic rings. The van der Waals surface area contributed by atoms with Crippen LogP contribution in [0.1, 0.15) is 10.6 Å². The highest BCUT2D eigenvalue weighted by molar-refractivity contribution is 5.95. The summed E-state index contributed by atoms with van der Waals surface area (Å²) >= 11 is 0. The Bertz CT molecular complexity index is 442. The highest BCUT2D eigenvalue weighted by Gasteiger charge is 2.62. The van der Waals surface area contributed by atoms with E-state index in [-0.39, 0.29) is 0 Å². The normalized spacial score (nSPS) is 14.7. The van der Waals surface area contributed by atoms with Gasteiger partial charge in [0, 0.05) is 0 Å². The molecule has 1 aromatic heterocycles. The van der Waals surface area contributed by atoms with Crippen molar-refractivity contribution >= 4 is 11.9 Å². The summed E-state index contributed by atoms with van der Waals surface area (Å²) in [5.74, 6) is -3.97. The molecule has 9 heteroatoms. The first kappa shape index (κ1) is 14.0. The van der Waals surface area contributed by atoms with Crippen LogP contribution >= 0.6 is 0 Å². The number of rotatable bonds is 3. The molecule has 2 N–H and O–H groups in total. The van der Waals surface area contributed by atoms with Gasteiger partial charge in [-0.1, -0.05) is 0 Å². The van der Waals surface area contributed by atoms with Gasteiger partial charge in [0.15, 0.2) is 5.76 Å². The monoisotopic (exact) mass is 267 g/mol. The van der Waals surface area contributed by atoms with E-state index in [0.29, 0.717) is 7.11 Å². The topological polar surface area (TPSA) is 88.8 Å². The minimum Gasteiger partial charge on any atom is -0.465 e. The van der Waals surface area contributed by atoms with E-state index in [1.807, 2.05) is 0 Å². The van der Waals surface area contributed by atoms with Crippen molar-refractivity contribution in [2.45, 2.75) is 11.9 Å². The minimum atomic E-state index is -5.44. The molecule has 0 aliphatic carbocycles.